The molecule has 0 aliphatic carbocycles. The van der Waals surface area contributed by atoms with Gasteiger partial charge < -0.3 is 25.1 Å². The molecule has 0 spiro atoms. The average molecular weight is 234 g/mol. The van der Waals surface area contributed by atoms with E-state index in [1.165, 1.54) is 7.05 Å². The van der Waals surface area contributed by atoms with E-state index in [9.17, 15) is 14.4 Å². The van der Waals surface area contributed by atoms with Crippen LogP contribution in [0, 0.1) is 0 Å². The molecule has 0 unspecified atom stereocenters. The molecule has 0 saturated carbocycles. The molecule has 3 N–H and O–H groups in total. The molecule has 8 heteroatoms. The summed E-state index contributed by atoms with van der Waals surface area (Å²) in [5.74, 6) is -2.60. The number of carbonyl (C=O) groups excluding carboxylic acids is 1. The first-order chi connectivity index (χ1) is 7.38. The lowest BCUT2D eigenvalue weighted by Crippen LogP contribution is -2.46. The average Bonchev–Trinajstić information content (AvgIpc) is 2.14. The summed E-state index contributed by atoms with van der Waals surface area (Å²) in [6.07, 6.45) is 0. The Morgan fingerprint density at radius 2 is 1.50 bits per heavy atom. The number of aliphatic carboxylic acids is 2. The fourth-order valence-corrected chi connectivity index (χ4v) is 1.00. The van der Waals surface area contributed by atoms with Crippen LogP contribution in [0.3, 0.4) is 0 Å². The highest BCUT2D eigenvalue weighted by molar-refractivity contribution is 5.84. The van der Waals surface area contributed by atoms with E-state index >= 15 is 0 Å². The Hall–Kier alpha value is -1.83. The van der Waals surface area contributed by atoms with Gasteiger partial charge in [-0.2, -0.15) is 0 Å². The zero-order chi connectivity index (χ0) is 12.7. The third-order valence-electron chi connectivity index (χ3n) is 1.68. The summed E-state index contributed by atoms with van der Waals surface area (Å²) in [4.78, 5) is 34.1. The van der Waals surface area contributed by atoms with Crippen molar-refractivity contribution in [2.75, 3.05) is 33.3 Å². The molecule has 8 nitrogen and oxygen atoms in total. The van der Waals surface area contributed by atoms with Gasteiger partial charge in [-0.3, -0.25) is 9.59 Å². The van der Waals surface area contributed by atoms with Crippen LogP contribution in [0.15, 0.2) is 0 Å². The van der Waals surface area contributed by atoms with E-state index in [2.05, 4.69) is 0 Å². The largest absolute Gasteiger partial charge is 0.480 e. The lowest BCUT2D eigenvalue weighted by Gasteiger charge is -2.25. The summed E-state index contributed by atoms with van der Waals surface area (Å²) in [5.41, 5.74) is 0. The summed E-state index contributed by atoms with van der Waals surface area (Å²) in [5, 5.41) is 25.6. The van der Waals surface area contributed by atoms with Crippen molar-refractivity contribution in [2.45, 2.75) is 0 Å². The minimum atomic E-state index is -1.30. The van der Waals surface area contributed by atoms with E-state index in [0.29, 0.717) is 4.90 Å². The van der Waals surface area contributed by atoms with Crippen LogP contribution in [0.5, 0.6) is 0 Å². The predicted octanol–water partition coefficient (Wildman–Crippen LogP) is -1.50. The number of amides is 2. The zero-order valence-electron chi connectivity index (χ0n) is 8.79. The molecule has 16 heavy (non-hydrogen) atoms. The number of aliphatic hydroxyl groups excluding tert-OH is 1. The standard InChI is InChI=1S/C8H14N2O6/c1-9(2-3-11)8(16)10(4-6(12)13)5-7(14)15/h11H,2-5H2,1H3,(H,12,13)(H,14,15). The van der Waals surface area contributed by atoms with Gasteiger partial charge in [-0.15, -0.1) is 0 Å². The molecule has 0 fully saturated rings. The Morgan fingerprint density at radius 1 is 1.06 bits per heavy atom. The van der Waals surface area contributed by atoms with Gasteiger partial charge in [-0.1, -0.05) is 0 Å². The smallest absolute Gasteiger partial charge is 0.323 e. The van der Waals surface area contributed by atoms with E-state index in [1.807, 2.05) is 0 Å². The Kier molecular flexibility index (Phi) is 5.86. The number of carboxylic acids is 2. The Bertz CT molecular complexity index is 264. The van der Waals surface area contributed by atoms with Gasteiger partial charge in [0.25, 0.3) is 0 Å². The molecule has 0 aromatic carbocycles. The van der Waals surface area contributed by atoms with E-state index in [4.69, 9.17) is 15.3 Å². The first-order valence-electron chi connectivity index (χ1n) is 4.43. The highest BCUT2D eigenvalue weighted by Gasteiger charge is 2.22. The maximum absolute atomic E-state index is 11.5. The maximum Gasteiger partial charge on any atom is 0.323 e. The molecule has 2 amide bonds. The van der Waals surface area contributed by atoms with E-state index in [-0.39, 0.29) is 13.2 Å². The monoisotopic (exact) mass is 234 g/mol. The van der Waals surface area contributed by atoms with Crippen molar-refractivity contribution >= 4 is 18.0 Å². The number of likely N-dealkylation sites (N-methyl/N-ethyl adjacent to an activating group) is 1. The molecule has 92 valence electrons. The zero-order valence-corrected chi connectivity index (χ0v) is 8.79. The summed E-state index contributed by atoms with van der Waals surface area (Å²) in [7, 11) is 1.34. The van der Waals surface area contributed by atoms with E-state index in [0.717, 1.165) is 4.90 Å². The van der Waals surface area contributed by atoms with Crippen molar-refractivity contribution in [1.29, 1.82) is 0 Å². The summed E-state index contributed by atoms with van der Waals surface area (Å²) in [6.45, 7) is -1.66. The van der Waals surface area contributed by atoms with Crippen LogP contribution in [0.2, 0.25) is 0 Å². The first kappa shape index (κ1) is 14.2. The molecule has 0 aromatic heterocycles. The molecular weight excluding hydrogens is 220 g/mol. The molecule has 0 aliphatic heterocycles. The normalized spacial score (nSPS) is 9.62. The molecule has 0 aromatic rings. The quantitative estimate of drug-likeness (QED) is 0.514. The Morgan fingerprint density at radius 3 is 1.81 bits per heavy atom. The van der Waals surface area contributed by atoms with Gasteiger partial charge in [-0.05, 0) is 0 Å². The number of rotatable bonds is 6. The van der Waals surface area contributed by atoms with Gasteiger partial charge in [0.05, 0.1) is 6.61 Å². The van der Waals surface area contributed by atoms with E-state index < -0.39 is 31.1 Å². The van der Waals surface area contributed by atoms with Crippen molar-refractivity contribution in [3.8, 4) is 0 Å². The lowest BCUT2D eigenvalue weighted by atomic mass is 10.4. The van der Waals surface area contributed by atoms with Crippen LogP contribution >= 0.6 is 0 Å². The molecule has 0 radical (unpaired) electrons. The number of nitrogens with zero attached hydrogens (tertiary/aromatic N) is 2. The Labute approximate surface area is 91.7 Å². The molecule has 0 saturated heterocycles. The Balaban J connectivity index is 4.54. The first-order valence-corrected chi connectivity index (χ1v) is 4.43. The summed E-state index contributed by atoms with van der Waals surface area (Å²) < 4.78 is 0. The SMILES string of the molecule is CN(CCO)C(=O)N(CC(=O)O)CC(=O)O. The van der Waals surface area contributed by atoms with Crippen LogP contribution in [0.4, 0.5) is 4.79 Å². The van der Waals surface area contributed by atoms with Crippen molar-refractivity contribution in [3.63, 3.8) is 0 Å². The summed E-state index contributed by atoms with van der Waals surface area (Å²) >= 11 is 0. The molecule has 0 aliphatic rings. The second-order valence-electron chi connectivity index (χ2n) is 3.07. The van der Waals surface area contributed by atoms with Crippen molar-refractivity contribution in [1.82, 2.24) is 9.80 Å². The van der Waals surface area contributed by atoms with Crippen molar-refractivity contribution < 1.29 is 29.7 Å². The van der Waals surface area contributed by atoms with Crippen LogP contribution in [-0.4, -0.2) is 76.4 Å². The predicted molar refractivity (Wildman–Crippen MR) is 52.0 cm³/mol. The van der Waals surface area contributed by atoms with Crippen LogP contribution in [0.1, 0.15) is 0 Å². The fourth-order valence-electron chi connectivity index (χ4n) is 1.00. The van der Waals surface area contributed by atoms with Crippen molar-refractivity contribution in [3.05, 3.63) is 0 Å². The van der Waals surface area contributed by atoms with Gasteiger partial charge >= 0.3 is 18.0 Å². The van der Waals surface area contributed by atoms with E-state index in [1.54, 1.807) is 0 Å². The minimum Gasteiger partial charge on any atom is -0.480 e. The van der Waals surface area contributed by atoms with Gasteiger partial charge in [0, 0.05) is 13.6 Å². The minimum absolute atomic E-state index is 0.00850. The molecule has 0 heterocycles. The van der Waals surface area contributed by atoms with Crippen LogP contribution in [0.25, 0.3) is 0 Å². The van der Waals surface area contributed by atoms with Gasteiger partial charge in [0.1, 0.15) is 13.1 Å². The number of urea groups is 1. The highest BCUT2D eigenvalue weighted by Crippen LogP contribution is 1.96. The number of carboxylic acid groups (broad SMARTS) is 2. The third-order valence-corrected chi connectivity index (χ3v) is 1.68. The topological polar surface area (TPSA) is 118 Å². The molecule has 0 rings (SSSR count). The fraction of sp³-hybridized carbons (Fsp3) is 0.625. The van der Waals surface area contributed by atoms with Gasteiger partial charge in [-0.25, -0.2) is 4.79 Å². The third kappa shape index (κ3) is 5.15. The number of hydrogen-bond donors (Lipinski definition) is 3. The number of carbonyl (C=O) groups is 3. The second-order valence-corrected chi connectivity index (χ2v) is 3.07. The number of aliphatic hydroxyl groups is 1. The second kappa shape index (κ2) is 6.62. The van der Waals surface area contributed by atoms with Gasteiger partial charge in [0.15, 0.2) is 0 Å². The van der Waals surface area contributed by atoms with Crippen LogP contribution < -0.4 is 0 Å². The highest BCUT2D eigenvalue weighted by atomic mass is 16.4. The van der Waals surface area contributed by atoms with Crippen LogP contribution in [-0.2, 0) is 9.59 Å². The number of hydrogen-bond acceptors (Lipinski definition) is 4. The van der Waals surface area contributed by atoms with Crippen molar-refractivity contribution in [2.24, 2.45) is 0 Å². The molecule has 0 bridgehead atoms. The van der Waals surface area contributed by atoms with Gasteiger partial charge in [0.2, 0.25) is 0 Å². The summed E-state index contributed by atoms with van der Waals surface area (Å²) in [6, 6.07) is -0.751. The molecular formula is C8H14N2O6. The maximum atomic E-state index is 11.5. The molecule has 0 atom stereocenters. The lowest BCUT2D eigenvalue weighted by molar-refractivity contribution is -0.140.